The zero-order valence-electron chi connectivity index (χ0n) is 23.0. The predicted molar refractivity (Wildman–Crippen MR) is 148 cm³/mol. The van der Waals surface area contributed by atoms with Gasteiger partial charge >= 0.3 is 6.18 Å². The molecule has 1 aliphatic rings. The Morgan fingerprint density at radius 2 is 1.66 bits per heavy atom. The van der Waals surface area contributed by atoms with Gasteiger partial charge in [-0.2, -0.15) is 13.2 Å². The number of Topliss-reactive ketones (excluding diaryl/α,β-unsaturated/α-hetero) is 1. The SMILES string of the molecule is CC(C)[C@H](NC(=O)[C@@H](NC(=O)[C@H](Cc1cccc(Cl)c1)NC(=O)C1CCN(C)C1)c1ccccc1)C(=O)C(F)(F)F. The van der Waals surface area contributed by atoms with Crippen molar-refractivity contribution < 1.29 is 32.3 Å². The monoisotopic (exact) mass is 594 g/mol. The highest BCUT2D eigenvalue weighted by Crippen LogP contribution is 2.23. The highest BCUT2D eigenvalue weighted by Gasteiger charge is 2.45. The zero-order chi connectivity index (χ0) is 30.3. The Labute approximate surface area is 242 Å². The lowest BCUT2D eigenvalue weighted by Gasteiger charge is -2.27. The molecule has 0 aliphatic carbocycles. The van der Waals surface area contributed by atoms with E-state index in [2.05, 4.69) is 16.0 Å². The first kappa shape index (κ1) is 32.1. The first-order valence-corrected chi connectivity index (χ1v) is 13.6. The van der Waals surface area contributed by atoms with E-state index >= 15 is 0 Å². The van der Waals surface area contributed by atoms with Crippen LogP contribution in [0.4, 0.5) is 13.2 Å². The van der Waals surface area contributed by atoms with E-state index in [0.717, 1.165) is 6.54 Å². The van der Waals surface area contributed by atoms with Crippen LogP contribution in [0.1, 0.15) is 37.4 Å². The van der Waals surface area contributed by atoms with Crippen LogP contribution in [0.15, 0.2) is 54.6 Å². The second kappa shape index (κ2) is 14.0. The Hall–Kier alpha value is -3.44. The topological polar surface area (TPSA) is 108 Å². The third-order valence-corrected chi connectivity index (χ3v) is 7.17. The molecule has 222 valence electrons. The lowest BCUT2D eigenvalue weighted by Crippen LogP contribution is -2.55. The van der Waals surface area contributed by atoms with Crippen molar-refractivity contribution in [3.63, 3.8) is 0 Å². The average molecular weight is 595 g/mol. The summed E-state index contributed by atoms with van der Waals surface area (Å²) in [4.78, 5) is 54.1. The number of benzene rings is 2. The standard InChI is InChI=1S/C29H34ClF3N4O4/c1-17(2)23(25(38)29(31,32)33)35-28(41)24(19-9-5-4-6-10-19)36-27(40)22(15-18-8-7-11-21(30)14-18)34-26(39)20-12-13-37(3)16-20/h4-11,14,17,20,22-24H,12-13,15-16H2,1-3H3,(H,34,39)(H,35,41)(H,36,40)/t20?,22-,23-,24-/m0/s1. The van der Waals surface area contributed by atoms with Gasteiger partial charge in [0.05, 0.1) is 12.0 Å². The summed E-state index contributed by atoms with van der Waals surface area (Å²) in [6, 6.07) is 10.3. The number of halogens is 4. The summed E-state index contributed by atoms with van der Waals surface area (Å²) in [7, 11) is 1.89. The normalized spacial score (nSPS) is 17.9. The molecule has 1 fully saturated rings. The Bertz CT molecular complexity index is 1240. The minimum Gasteiger partial charge on any atom is -0.344 e. The van der Waals surface area contributed by atoms with Crippen LogP contribution >= 0.6 is 11.6 Å². The first-order chi connectivity index (χ1) is 19.3. The number of alkyl halides is 3. The molecule has 3 N–H and O–H groups in total. The molecule has 3 amide bonds. The van der Waals surface area contributed by atoms with E-state index in [1.54, 1.807) is 42.5 Å². The van der Waals surface area contributed by atoms with E-state index in [4.69, 9.17) is 11.6 Å². The molecule has 0 spiro atoms. The van der Waals surface area contributed by atoms with Crippen molar-refractivity contribution in [1.29, 1.82) is 0 Å². The summed E-state index contributed by atoms with van der Waals surface area (Å²) in [5.74, 6) is -5.34. The number of rotatable bonds is 11. The maximum atomic E-state index is 13.7. The molecule has 3 rings (SSSR count). The molecule has 0 saturated carbocycles. The molecule has 1 aliphatic heterocycles. The van der Waals surface area contributed by atoms with Gasteiger partial charge in [0.15, 0.2) is 0 Å². The van der Waals surface area contributed by atoms with Gasteiger partial charge in [0.1, 0.15) is 12.1 Å². The van der Waals surface area contributed by atoms with E-state index < -0.39 is 47.8 Å². The second-order valence-electron chi connectivity index (χ2n) is 10.6. The fraction of sp³-hybridized carbons (Fsp3) is 0.448. The third-order valence-electron chi connectivity index (χ3n) is 6.93. The van der Waals surface area contributed by atoms with Crippen LogP contribution in [0.5, 0.6) is 0 Å². The molecule has 0 bridgehead atoms. The fourth-order valence-corrected chi connectivity index (χ4v) is 4.90. The van der Waals surface area contributed by atoms with Crippen molar-refractivity contribution in [2.75, 3.05) is 20.1 Å². The van der Waals surface area contributed by atoms with Gasteiger partial charge in [-0.05, 0) is 49.2 Å². The number of ketones is 1. The van der Waals surface area contributed by atoms with E-state index in [0.29, 0.717) is 23.6 Å². The number of nitrogens with zero attached hydrogens (tertiary/aromatic N) is 1. The number of likely N-dealkylation sites (tertiary alicyclic amines) is 1. The first-order valence-electron chi connectivity index (χ1n) is 13.3. The van der Waals surface area contributed by atoms with Gasteiger partial charge in [0.2, 0.25) is 17.7 Å². The van der Waals surface area contributed by atoms with Crippen LogP contribution in [-0.2, 0) is 25.6 Å². The number of carbonyl (C=O) groups excluding carboxylic acids is 4. The van der Waals surface area contributed by atoms with Crippen LogP contribution < -0.4 is 16.0 Å². The average Bonchev–Trinajstić information content (AvgIpc) is 3.35. The summed E-state index contributed by atoms with van der Waals surface area (Å²) in [5, 5.41) is 7.99. The smallest absolute Gasteiger partial charge is 0.344 e. The highest BCUT2D eigenvalue weighted by molar-refractivity contribution is 6.30. The summed E-state index contributed by atoms with van der Waals surface area (Å²) < 4.78 is 39.7. The van der Waals surface area contributed by atoms with Gasteiger partial charge in [0, 0.05) is 18.0 Å². The molecule has 4 atom stereocenters. The van der Waals surface area contributed by atoms with Gasteiger partial charge in [-0.1, -0.05) is 67.9 Å². The summed E-state index contributed by atoms with van der Waals surface area (Å²) in [5.41, 5.74) is 0.934. The minimum absolute atomic E-state index is 0.0466. The van der Waals surface area contributed by atoms with Crippen LogP contribution in [0.3, 0.4) is 0 Å². The van der Waals surface area contributed by atoms with Gasteiger partial charge in [0.25, 0.3) is 5.78 Å². The van der Waals surface area contributed by atoms with Gasteiger partial charge in [-0.3, -0.25) is 19.2 Å². The van der Waals surface area contributed by atoms with Crippen molar-refractivity contribution >= 4 is 35.1 Å². The number of hydrogen-bond acceptors (Lipinski definition) is 5. The van der Waals surface area contributed by atoms with Crippen molar-refractivity contribution in [2.24, 2.45) is 11.8 Å². The van der Waals surface area contributed by atoms with Crippen molar-refractivity contribution in [3.05, 3.63) is 70.7 Å². The van der Waals surface area contributed by atoms with Crippen molar-refractivity contribution in [1.82, 2.24) is 20.9 Å². The Kier molecular flexibility index (Phi) is 10.9. The molecule has 2 aromatic carbocycles. The fourth-order valence-electron chi connectivity index (χ4n) is 4.68. The van der Waals surface area contributed by atoms with Gasteiger partial charge < -0.3 is 20.9 Å². The van der Waals surface area contributed by atoms with Gasteiger partial charge in [-0.15, -0.1) is 0 Å². The molecule has 1 heterocycles. The minimum atomic E-state index is -5.16. The van der Waals surface area contributed by atoms with Crippen LogP contribution in [0.2, 0.25) is 5.02 Å². The Morgan fingerprint density at radius 1 is 0.976 bits per heavy atom. The summed E-state index contributed by atoms with van der Waals surface area (Å²) in [6.07, 6.45) is -4.49. The maximum Gasteiger partial charge on any atom is 0.452 e. The van der Waals surface area contributed by atoms with E-state index in [-0.39, 0.29) is 23.8 Å². The lowest BCUT2D eigenvalue weighted by molar-refractivity contribution is -0.175. The molecule has 8 nitrogen and oxygen atoms in total. The second-order valence-corrected chi connectivity index (χ2v) is 11.0. The number of hydrogen-bond donors (Lipinski definition) is 3. The van der Waals surface area contributed by atoms with E-state index in [1.807, 2.05) is 11.9 Å². The van der Waals surface area contributed by atoms with Crippen molar-refractivity contribution in [2.45, 2.75) is 51.0 Å². The molecule has 1 saturated heterocycles. The van der Waals surface area contributed by atoms with Crippen molar-refractivity contribution in [3.8, 4) is 0 Å². The van der Waals surface area contributed by atoms with Crippen LogP contribution in [0.25, 0.3) is 0 Å². The Balaban J connectivity index is 1.88. The van der Waals surface area contributed by atoms with Crippen LogP contribution in [-0.4, -0.2) is 66.8 Å². The summed E-state index contributed by atoms with van der Waals surface area (Å²) in [6.45, 7) is 4.01. The zero-order valence-corrected chi connectivity index (χ0v) is 23.8. The summed E-state index contributed by atoms with van der Waals surface area (Å²) >= 11 is 6.12. The molecule has 0 aromatic heterocycles. The Morgan fingerprint density at radius 3 is 2.22 bits per heavy atom. The lowest BCUT2D eigenvalue weighted by atomic mass is 9.97. The highest BCUT2D eigenvalue weighted by atomic mass is 35.5. The molecular weight excluding hydrogens is 561 g/mol. The quantitative estimate of drug-likeness (QED) is 0.369. The van der Waals surface area contributed by atoms with Crippen LogP contribution in [0, 0.1) is 11.8 Å². The van der Waals surface area contributed by atoms with E-state index in [9.17, 15) is 32.3 Å². The third kappa shape index (κ3) is 9.02. The predicted octanol–water partition coefficient (Wildman–Crippen LogP) is 3.45. The number of carbonyl (C=O) groups is 4. The van der Waals surface area contributed by atoms with E-state index in [1.165, 1.54) is 26.0 Å². The van der Waals surface area contributed by atoms with Gasteiger partial charge in [-0.25, -0.2) is 0 Å². The molecular formula is C29H34ClF3N4O4. The molecule has 1 unspecified atom stereocenters. The maximum absolute atomic E-state index is 13.7. The molecule has 12 heteroatoms. The molecule has 0 radical (unpaired) electrons. The molecule has 41 heavy (non-hydrogen) atoms. The largest absolute Gasteiger partial charge is 0.452 e. The number of amides is 3. The number of nitrogens with one attached hydrogen (secondary N) is 3. The molecule has 2 aromatic rings.